The van der Waals surface area contributed by atoms with E-state index in [4.69, 9.17) is 10.5 Å². The van der Waals surface area contributed by atoms with Crippen molar-refractivity contribution in [1.82, 2.24) is 5.32 Å². The maximum absolute atomic E-state index is 11.7. The van der Waals surface area contributed by atoms with Gasteiger partial charge in [0.25, 0.3) is 0 Å². The average molecular weight is 258 g/mol. The molecule has 18 heavy (non-hydrogen) atoms. The summed E-state index contributed by atoms with van der Waals surface area (Å²) < 4.78 is 5.19. The minimum atomic E-state index is -0.664. The predicted octanol–water partition coefficient (Wildman–Crippen LogP) is -0.456. The second-order valence-electron chi connectivity index (χ2n) is 4.94. The standard InChI is InChI=1S/C12H22N2O4/c1-8(5-11(13)16)6-12(17)14-9-3-2-4-18-7-10(9)15/h8-10,15H,2-7H2,1H3,(H2,13,16)(H,14,17)/t8-,9?,10+/m0/s1. The van der Waals surface area contributed by atoms with E-state index in [9.17, 15) is 14.7 Å². The van der Waals surface area contributed by atoms with E-state index in [2.05, 4.69) is 5.32 Å². The Labute approximate surface area is 107 Å². The van der Waals surface area contributed by atoms with Crippen LogP contribution >= 0.6 is 0 Å². The van der Waals surface area contributed by atoms with Gasteiger partial charge in [-0.15, -0.1) is 0 Å². The SMILES string of the molecule is C[C@@H](CC(N)=O)CC(=O)NC1CCCOC[C@H]1O. The van der Waals surface area contributed by atoms with Crippen LogP contribution in [0.15, 0.2) is 0 Å². The summed E-state index contributed by atoms with van der Waals surface area (Å²) in [4.78, 5) is 22.5. The highest BCUT2D eigenvalue weighted by atomic mass is 16.5. The Kier molecular flexibility index (Phi) is 6.07. The number of aliphatic hydroxyl groups is 1. The fourth-order valence-electron chi connectivity index (χ4n) is 2.08. The maximum Gasteiger partial charge on any atom is 0.220 e. The zero-order valence-corrected chi connectivity index (χ0v) is 10.7. The van der Waals surface area contributed by atoms with Gasteiger partial charge in [0.15, 0.2) is 0 Å². The molecule has 1 heterocycles. The Balaban J connectivity index is 2.35. The first kappa shape index (κ1) is 14.9. The lowest BCUT2D eigenvalue weighted by atomic mass is 10.0. The molecule has 1 fully saturated rings. The van der Waals surface area contributed by atoms with Crippen LogP contribution in [-0.4, -0.2) is 42.3 Å². The third kappa shape index (κ3) is 5.46. The van der Waals surface area contributed by atoms with Gasteiger partial charge in [-0.25, -0.2) is 0 Å². The summed E-state index contributed by atoms with van der Waals surface area (Å²) in [6.45, 7) is 2.67. The Morgan fingerprint density at radius 3 is 2.89 bits per heavy atom. The van der Waals surface area contributed by atoms with E-state index >= 15 is 0 Å². The number of hydrogen-bond acceptors (Lipinski definition) is 4. The number of primary amides is 1. The van der Waals surface area contributed by atoms with Crippen LogP contribution in [0.4, 0.5) is 0 Å². The van der Waals surface area contributed by atoms with Gasteiger partial charge in [0.2, 0.25) is 11.8 Å². The van der Waals surface area contributed by atoms with Crippen LogP contribution in [-0.2, 0) is 14.3 Å². The molecule has 0 aromatic carbocycles. The first-order valence-electron chi connectivity index (χ1n) is 6.32. The summed E-state index contributed by atoms with van der Waals surface area (Å²) >= 11 is 0. The van der Waals surface area contributed by atoms with Gasteiger partial charge >= 0.3 is 0 Å². The van der Waals surface area contributed by atoms with E-state index in [1.807, 2.05) is 0 Å². The molecule has 1 aliphatic heterocycles. The number of nitrogens with one attached hydrogen (secondary N) is 1. The van der Waals surface area contributed by atoms with E-state index < -0.39 is 12.0 Å². The van der Waals surface area contributed by atoms with Crippen LogP contribution in [0, 0.1) is 5.92 Å². The lowest BCUT2D eigenvalue weighted by Gasteiger charge is -2.21. The summed E-state index contributed by atoms with van der Waals surface area (Å²) in [5, 5.41) is 12.6. The lowest BCUT2D eigenvalue weighted by Crippen LogP contribution is -2.44. The molecule has 6 nitrogen and oxygen atoms in total. The number of aliphatic hydroxyl groups excluding tert-OH is 1. The normalized spacial score (nSPS) is 26.1. The highest BCUT2D eigenvalue weighted by Gasteiger charge is 2.24. The maximum atomic E-state index is 11.7. The molecule has 3 atom stereocenters. The number of carbonyl (C=O) groups excluding carboxylic acids is 2. The number of nitrogens with two attached hydrogens (primary N) is 1. The van der Waals surface area contributed by atoms with E-state index in [0.717, 1.165) is 6.42 Å². The van der Waals surface area contributed by atoms with E-state index in [-0.39, 0.29) is 37.3 Å². The van der Waals surface area contributed by atoms with Crippen molar-refractivity contribution in [1.29, 1.82) is 0 Å². The first-order valence-corrected chi connectivity index (χ1v) is 6.32. The van der Waals surface area contributed by atoms with Gasteiger partial charge in [-0.05, 0) is 18.8 Å². The molecular weight excluding hydrogens is 236 g/mol. The summed E-state index contributed by atoms with van der Waals surface area (Å²) in [7, 11) is 0. The number of rotatable bonds is 5. The van der Waals surface area contributed by atoms with Crippen molar-refractivity contribution in [2.75, 3.05) is 13.2 Å². The van der Waals surface area contributed by atoms with Crippen molar-refractivity contribution in [3.63, 3.8) is 0 Å². The first-order chi connectivity index (χ1) is 8.49. The van der Waals surface area contributed by atoms with Crippen LogP contribution < -0.4 is 11.1 Å². The predicted molar refractivity (Wildman–Crippen MR) is 65.6 cm³/mol. The highest BCUT2D eigenvalue weighted by molar-refractivity contribution is 5.78. The molecule has 1 saturated heterocycles. The molecular formula is C12H22N2O4. The fourth-order valence-corrected chi connectivity index (χ4v) is 2.08. The fraction of sp³-hybridized carbons (Fsp3) is 0.833. The van der Waals surface area contributed by atoms with Crippen LogP contribution in [0.5, 0.6) is 0 Å². The van der Waals surface area contributed by atoms with Crippen LogP contribution in [0.2, 0.25) is 0 Å². The van der Waals surface area contributed by atoms with Crippen LogP contribution in [0.3, 0.4) is 0 Å². The topological polar surface area (TPSA) is 102 Å². The van der Waals surface area contributed by atoms with Crippen LogP contribution in [0.1, 0.15) is 32.6 Å². The molecule has 0 bridgehead atoms. The van der Waals surface area contributed by atoms with Gasteiger partial charge in [-0.3, -0.25) is 9.59 Å². The number of carbonyl (C=O) groups is 2. The van der Waals surface area contributed by atoms with E-state index in [1.165, 1.54) is 0 Å². The minimum Gasteiger partial charge on any atom is -0.389 e. The van der Waals surface area contributed by atoms with Gasteiger partial charge in [0.1, 0.15) is 0 Å². The van der Waals surface area contributed by atoms with Gasteiger partial charge in [-0.2, -0.15) is 0 Å². The number of hydrogen-bond donors (Lipinski definition) is 3. The Hall–Kier alpha value is -1.14. The van der Waals surface area contributed by atoms with Crippen molar-refractivity contribution in [2.45, 2.75) is 44.8 Å². The third-order valence-electron chi connectivity index (χ3n) is 2.99. The molecule has 0 aliphatic carbocycles. The zero-order chi connectivity index (χ0) is 13.5. The lowest BCUT2D eigenvalue weighted by molar-refractivity contribution is -0.124. The third-order valence-corrected chi connectivity index (χ3v) is 2.99. The largest absolute Gasteiger partial charge is 0.389 e. The molecule has 1 unspecified atom stereocenters. The molecule has 4 N–H and O–H groups in total. The molecule has 0 aromatic rings. The van der Waals surface area contributed by atoms with Gasteiger partial charge in [0.05, 0.1) is 18.8 Å². The smallest absolute Gasteiger partial charge is 0.220 e. The molecule has 0 saturated carbocycles. The van der Waals surface area contributed by atoms with Crippen LogP contribution in [0.25, 0.3) is 0 Å². The van der Waals surface area contributed by atoms with Gasteiger partial charge in [0, 0.05) is 19.4 Å². The molecule has 0 spiro atoms. The molecule has 6 heteroatoms. The molecule has 1 rings (SSSR count). The van der Waals surface area contributed by atoms with E-state index in [1.54, 1.807) is 6.92 Å². The van der Waals surface area contributed by atoms with Crippen molar-refractivity contribution < 1.29 is 19.4 Å². The quantitative estimate of drug-likeness (QED) is 0.621. The summed E-state index contributed by atoms with van der Waals surface area (Å²) in [5.41, 5.74) is 5.07. The second-order valence-corrected chi connectivity index (χ2v) is 4.94. The highest BCUT2D eigenvalue weighted by Crippen LogP contribution is 2.11. The Morgan fingerprint density at radius 2 is 2.22 bits per heavy atom. The average Bonchev–Trinajstić information content (AvgIpc) is 2.43. The minimum absolute atomic E-state index is 0.0818. The Bertz CT molecular complexity index is 296. The van der Waals surface area contributed by atoms with Gasteiger partial charge < -0.3 is 20.9 Å². The molecule has 104 valence electrons. The monoisotopic (exact) mass is 258 g/mol. The second kappa shape index (κ2) is 7.33. The van der Waals surface area contributed by atoms with Gasteiger partial charge in [-0.1, -0.05) is 6.92 Å². The molecule has 0 aromatic heterocycles. The molecule has 2 amide bonds. The van der Waals surface area contributed by atoms with Crippen molar-refractivity contribution >= 4 is 11.8 Å². The summed E-state index contributed by atoms with van der Waals surface area (Å²) in [5.74, 6) is -0.644. The van der Waals surface area contributed by atoms with Crippen molar-refractivity contribution in [2.24, 2.45) is 11.7 Å². The van der Waals surface area contributed by atoms with Crippen molar-refractivity contribution in [3.05, 3.63) is 0 Å². The Morgan fingerprint density at radius 1 is 1.50 bits per heavy atom. The number of amides is 2. The zero-order valence-electron chi connectivity index (χ0n) is 10.7. The summed E-state index contributed by atoms with van der Waals surface area (Å²) in [6, 6.07) is -0.263. The van der Waals surface area contributed by atoms with Crippen molar-refractivity contribution in [3.8, 4) is 0 Å². The van der Waals surface area contributed by atoms with E-state index in [0.29, 0.717) is 13.0 Å². The summed E-state index contributed by atoms with van der Waals surface area (Å²) in [6.07, 6.45) is 1.30. The molecule has 1 aliphatic rings. The molecule has 0 radical (unpaired) electrons. The number of ether oxygens (including phenoxy) is 1.